The van der Waals surface area contributed by atoms with E-state index in [0.717, 1.165) is 135 Å². The number of ether oxygens (including phenoxy) is 1. The number of hydrogen-bond donors (Lipinski definition) is 2. The number of quaternary nitrogens is 1. The quantitative estimate of drug-likeness (QED) is 0.0205. The Morgan fingerprint density at radius 3 is 1.18 bits per heavy atom. The monoisotopic (exact) mass is 1170 g/mol. The summed E-state index contributed by atoms with van der Waals surface area (Å²) in [4.78, 5) is 37.8. The maximum absolute atomic E-state index is 13.6. The average molecular weight is 1170 g/mol. The lowest BCUT2D eigenvalue weighted by atomic mass is 10.0. The molecule has 0 spiro atoms. The highest BCUT2D eigenvalue weighted by molar-refractivity contribution is 7.47. The van der Waals surface area contributed by atoms with Gasteiger partial charge < -0.3 is 19.4 Å². The molecule has 474 valence electrons. The Balaban J connectivity index is 5.32. The van der Waals surface area contributed by atoms with Crippen LogP contribution in [0, 0.1) is 0 Å². The summed E-state index contributed by atoms with van der Waals surface area (Å²) in [6.07, 6.45) is 87.3. The van der Waals surface area contributed by atoms with Crippen molar-refractivity contribution in [2.45, 2.75) is 277 Å². The van der Waals surface area contributed by atoms with Gasteiger partial charge in [0.15, 0.2) is 0 Å². The van der Waals surface area contributed by atoms with Crippen molar-refractivity contribution in [2.24, 2.45) is 0 Å². The number of allylic oxidation sites excluding steroid dienone is 21. The van der Waals surface area contributed by atoms with Gasteiger partial charge in [-0.1, -0.05) is 258 Å². The molecule has 0 aromatic heterocycles. The first-order valence-electron chi connectivity index (χ1n) is 33.5. The number of hydrogen-bond acceptors (Lipinski definition) is 6. The summed E-state index contributed by atoms with van der Waals surface area (Å²) in [5.41, 5.74) is 0. The summed E-state index contributed by atoms with van der Waals surface area (Å²) in [5.74, 6) is -0.562. The van der Waals surface area contributed by atoms with Crippen LogP contribution in [0.5, 0.6) is 0 Å². The van der Waals surface area contributed by atoms with E-state index in [2.05, 4.69) is 148 Å². The third-order valence-corrected chi connectivity index (χ3v) is 15.1. The Morgan fingerprint density at radius 2 is 0.771 bits per heavy atom. The number of rotatable bonds is 59. The fourth-order valence-electron chi connectivity index (χ4n) is 8.93. The first-order chi connectivity index (χ1) is 40.4. The Morgan fingerprint density at radius 1 is 0.434 bits per heavy atom. The van der Waals surface area contributed by atoms with E-state index in [1.54, 1.807) is 0 Å². The van der Waals surface area contributed by atoms with Gasteiger partial charge in [0.1, 0.15) is 19.3 Å². The molecule has 1 amide bonds. The number of nitrogens with one attached hydrogen (secondary N) is 1. The SMILES string of the molecule is CC/C=C\C/C=C\C/C=C\C/C=C\C/C=C\C/C=C\CCCCCCC(=O)NC(COP(=O)(O)OCC[N+](C)(C)C)C(/C=C/CCCCCCCCCCCCC)OC(=O)CCCCCCC/C=C\C/C=C\C/C=C\C/C=C\CCCCC. The van der Waals surface area contributed by atoms with Gasteiger partial charge in [-0.2, -0.15) is 0 Å². The fourth-order valence-corrected chi connectivity index (χ4v) is 9.66. The maximum atomic E-state index is 13.6. The lowest BCUT2D eigenvalue weighted by molar-refractivity contribution is -0.870. The average Bonchev–Trinajstić information content (AvgIpc) is 3.46. The highest BCUT2D eigenvalue weighted by atomic mass is 31.2. The molecule has 83 heavy (non-hydrogen) atoms. The minimum absolute atomic E-state index is 0.0240. The van der Waals surface area contributed by atoms with Gasteiger partial charge in [-0.3, -0.25) is 18.6 Å². The standard InChI is InChI=1S/C73H125N2O7P/c1-7-10-13-16-19-22-25-28-30-32-34-36-37-39-40-42-44-47-50-53-56-59-62-65-72(76)74-70(69-81-83(78,79)80-68-67-75(4,5)6)71(64-61-58-55-52-49-46-27-24-21-18-15-12-9-3)82-73(77)66-63-60-57-54-51-48-45-43-41-38-35-33-31-29-26-23-20-17-14-11-8-2/h10,13,19-20,22-23,28-31,34-36,38-40,43-45,47,61,64,70-71H,7-9,11-12,14-18,21,24-27,32-33,37,41-42,46,48-60,62-63,65-69H2,1-6H3,(H-,74,76,78,79)/p+1/b13-10-,22-19-,23-20-,30-28-,31-29-,36-34-,38-35-,40-39-,45-43-,47-44-,64-61+. The van der Waals surface area contributed by atoms with Crippen LogP contribution in [0.2, 0.25) is 0 Å². The number of likely N-dealkylation sites (N-methyl/N-ethyl adjacent to an activating group) is 1. The first-order valence-corrected chi connectivity index (χ1v) is 35.0. The fraction of sp³-hybridized carbons (Fsp3) is 0.671. The molecule has 0 aromatic rings. The minimum atomic E-state index is -4.48. The third kappa shape index (κ3) is 62.5. The van der Waals surface area contributed by atoms with Crippen molar-refractivity contribution in [2.75, 3.05) is 40.9 Å². The zero-order chi connectivity index (χ0) is 60.7. The van der Waals surface area contributed by atoms with Crippen molar-refractivity contribution < 1.29 is 37.3 Å². The topological polar surface area (TPSA) is 111 Å². The zero-order valence-electron chi connectivity index (χ0n) is 54.1. The van der Waals surface area contributed by atoms with Crippen LogP contribution >= 0.6 is 7.82 Å². The second-order valence-electron chi connectivity index (χ2n) is 23.3. The largest absolute Gasteiger partial charge is 0.472 e. The molecule has 9 nitrogen and oxygen atoms in total. The summed E-state index contributed by atoms with van der Waals surface area (Å²) in [5, 5.41) is 3.04. The van der Waals surface area contributed by atoms with E-state index in [9.17, 15) is 19.0 Å². The van der Waals surface area contributed by atoms with Crippen LogP contribution in [0.15, 0.2) is 134 Å². The van der Waals surface area contributed by atoms with Gasteiger partial charge >= 0.3 is 13.8 Å². The molecular formula is C73H126N2O7P+. The van der Waals surface area contributed by atoms with E-state index in [1.165, 1.54) is 83.5 Å². The highest BCUT2D eigenvalue weighted by Gasteiger charge is 2.30. The van der Waals surface area contributed by atoms with Gasteiger partial charge in [-0.15, -0.1) is 0 Å². The molecule has 0 rings (SSSR count). The van der Waals surface area contributed by atoms with E-state index >= 15 is 0 Å². The van der Waals surface area contributed by atoms with E-state index in [-0.39, 0.29) is 31.5 Å². The molecular weight excluding hydrogens is 1050 g/mol. The number of esters is 1. The summed E-state index contributed by atoms with van der Waals surface area (Å²) in [7, 11) is 1.45. The van der Waals surface area contributed by atoms with E-state index in [4.69, 9.17) is 13.8 Å². The van der Waals surface area contributed by atoms with Crippen molar-refractivity contribution in [3.63, 3.8) is 0 Å². The summed E-state index contributed by atoms with van der Waals surface area (Å²) < 4.78 is 30.8. The number of amides is 1. The van der Waals surface area contributed by atoms with Gasteiger partial charge in [0, 0.05) is 12.8 Å². The normalized spacial score (nSPS) is 14.4. The number of phosphoric acid groups is 1. The van der Waals surface area contributed by atoms with Crippen LogP contribution in [0.1, 0.15) is 265 Å². The van der Waals surface area contributed by atoms with Crippen LogP contribution in [0.4, 0.5) is 0 Å². The number of nitrogens with zero attached hydrogens (tertiary/aromatic N) is 1. The number of unbranched alkanes of at least 4 members (excludes halogenated alkanes) is 23. The molecule has 0 heterocycles. The summed E-state index contributed by atoms with van der Waals surface area (Å²) in [6.45, 7) is 6.83. The van der Waals surface area contributed by atoms with Crippen LogP contribution in [0.3, 0.4) is 0 Å². The Kier molecular flexibility index (Phi) is 58.4. The van der Waals surface area contributed by atoms with Crippen LogP contribution in [0.25, 0.3) is 0 Å². The predicted molar refractivity (Wildman–Crippen MR) is 359 cm³/mol. The Hall–Kier alpha value is -3.85. The molecule has 0 saturated carbocycles. The number of carbonyl (C=O) groups is 2. The first kappa shape index (κ1) is 79.2. The van der Waals surface area contributed by atoms with E-state index in [0.29, 0.717) is 30.3 Å². The van der Waals surface area contributed by atoms with Gasteiger partial charge in [-0.25, -0.2) is 4.57 Å². The van der Waals surface area contributed by atoms with Crippen LogP contribution in [-0.4, -0.2) is 74.3 Å². The van der Waals surface area contributed by atoms with Crippen molar-refractivity contribution in [1.82, 2.24) is 5.32 Å². The lowest BCUT2D eigenvalue weighted by Gasteiger charge is -2.27. The molecule has 10 heteroatoms. The Bertz CT molecular complexity index is 1880. The molecule has 0 aromatic carbocycles. The maximum Gasteiger partial charge on any atom is 0.472 e. The van der Waals surface area contributed by atoms with E-state index < -0.39 is 20.0 Å². The molecule has 3 atom stereocenters. The minimum Gasteiger partial charge on any atom is -0.456 e. The molecule has 0 aliphatic carbocycles. The second kappa shape index (κ2) is 61.2. The third-order valence-electron chi connectivity index (χ3n) is 14.1. The molecule has 0 saturated heterocycles. The summed E-state index contributed by atoms with van der Waals surface area (Å²) >= 11 is 0. The van der Waals surface area contributed by atoms with Crippen molar-refractivity contribution >= 4 is 19.7 Å². The number of phosphoric ester groups is 1. The molecule has 0 radical (unpaired) electrons. The molecule has 3 unspecified atom stereocenters. The summed E-state index contributed by atoms with van der Waals surface area (Å²) in [6, 6.07) is -0.881. The lowest BCUT2D eigenvalue weighted by Crippen LogP contribution is -2.47. The van der Waals surface area contributed by atoms with Gasteiger partial charge in [0.05, 0.1) is 33.8 Å². The van der Waals surface area contributed by atoms with Crippen molar-refractivity contribution in [1.29, 1.82) is 0 Å². The van der Waals surface area contributed by atoms with Crippen molar-refractivity contribution in [3.05, 3.63) is 134 Å². The van der Waals surface area contributed by atoms with Crippen LogP contribution < -0.4 is 5.32 Å². The number of carbonyl (C=O) groups excluding carboxylic acids is 2. The zero-order valence-corrected chi connectivity index (χ0v) is 55.0. The van der Waals surface area contributed by atoms with Gasteiger partial charge in [0.25, 0.3) is 0 Å². The Labute approximate surface area is 511 Å². The van der Waals surface area contributed by atoms with Crippen LogP contribution in [-0.2, 0) is 27.9 Å². The predicted octanol–water partition coefficient (Wildman–Crippen LogP) is 21.2. The molecule has 0 aliphatic heterocycles. The van der Waals surface area contributed by atoms with E-state index in [1.807, 2.05) is 33.3 Å². The molecule has 0 aliphatic rings. The molecule has 0 bridgehead atoms. The smallest absolute Gasteiger partial charge is 0.456 e. The van der Waals surface area contributed by atoms with Gasteiger partial charge in [-0.05, 0) is 128 Å². The van der Waals surface area contributed by atoms with Gasteiger partial charge in [0.2, 0.25) is 5.91 Å². The highest BCUT2D eigenvalue weighted by Crippen LogP contribution is 2.43. The second-order valence-corrected chi connectivity index (χ2v) is 24.7. The molecule has 0 fully saturated rings. The molecule has 2 N–H and O–H groups in total. The van der Waals surface area contributed by atoms with Crippen molar-refractivity contribution in [3.8, 4) is 0 Å².